The van der Waals surface area contributed by atoms with E-state index in [1.165, 1.54) is 67.9 Å². The molecule has 1 heterocycles. The Morgan fingerprint density at radius 3 is 1.26 bits per heavy atom. The van der Waals surface area contributed by atoms with Crippen molar-refractivity contribution < 1.29 is 91.7 Å². The van der Waals surface area contributed by atoms with E-state index in [1.54, 1.807) is 30.3 Å². The van der Waals surface area contributed by atoms with E-state index in [2.05, 4.69) is 91.7 Å². The molecule has 1 aromatic carbocycles. The molecule has 16 amide bonds. The number of aromatic amines is 1. The van der Waals surface area contributed by atoms with Crippen LogP contribution in [0.25, 0.3) is 0 Å². The van der Waals surface area contributed by atoms with Crippen LogP contribution in [0.3, 0.4) is 0 Å². The zero-order chi connectivity index (χ0) is 82.5. The van der Waals surface area contributed by atoms with Crippen LogP contribution < -0.4 is 104 Å². The first kappa shape index (κ1) is 94.7. The lowest BCUT2D eigenvalue weighted by molar-refractivity contribution is -0.142. The van der Waals surface area contributed by atoms with Gasteiger partial charge in [-0.3, -0.25) is 81.5 Å². The Labute approximate surface area is 636 Å². The molecule has 1 aromatic heterocycles. The number of hydrogen-bond donors (Lipinski definition) is 23. The third-order valence-electron chi connectivity index (χ3n) is 16.9. The molecule has 41 heteroatoms. The zero-order valence-electron chi connectivity index (χ0n) is 62.7. The number of aliphatic carboxylic acids is 1. The third kappa shape index (κ3) is 34.2. The highest BCUT2D eigenvalue weighted by atomic mass is 32.1. The Kier molecular flexibility index (Phi) is 41.8. The SMILES string of the molecule is CC(C)[C@H](NC(=O)[C@H](CC(N)=O)NC(=O)[C@H](CC(N)=O)NC(=O)[C@H](C)NC(=O)[C@H](Cc1ccccc1)NC(=O)[C@@H](N)CCCCN)C(=O)N[C@H](C(=O)N[C@@H](CCC(N)=O)C(=O)N[C@@H](CCCCN)C(=O)N[C@@H](CS)C(=O)N[C@H](C(=O)N[C@H](C(=O)N[C@@H](Cc1cnc[nH]1)C(=O)N[C@@H](C)C(=O)O)[C@@H](C)O)C(C)C)C(C)C. The molecule has 2 aromatic rings. The van der Waals surface area contributed by atoms with Gasteiger partial charge in [-0.25, -0.2) is 4.98 Å². The number of carboxylic acids is 1. The monoisotopic (exact) mass is 1560 g/mol. The Morgan fingerprint density at radius 2 is 0.798 bits per heavy atom. The number of amides is 16. The van der Waals surface area contributed by atoms with Crippen molar-refractivity contribution in [3.63, 3.8) is 0 Å². The van der Waals surface area contributed by atoms with Crippen LogP contribution >= 0.6 is 12.6 Å². The number of aromatic nitrogens is 2. The molecule has 109 heavy (non-hydrogen) atoms. The Balaban J connectivity index is 2.37. The van der Waals surface area contributed by atoms with Crippen molar-refractivity contribution in [1.82, 2.24) is 79.1 Å². The van der Waals surface area contributed by atoms with Crippen molar-refractivity contribution in [2.45, 2.75) is 230 Å². The van der Waals surface area contributed by atoms with Crippen LogP contribution in [0.1, 0.15) is 138 Å². The maximum Gasteiger partial charge on any atom is 0.325 e. The Hall–Kier alpha value is -10.4. The average Bonchev–Trinajstić information content (AvgIpc) is 0.875. The highest BCUT2D eigenvalue weighted by Gasteiger charge is 2.40. The van der Waals surface area contributed by atoms with Crippen LogP contribution in [0, 0.1) is 17.8 Å². The molecule has 2 rings (SSSR count). The van der Waals surface area contributed by atoms with E-state index < -0.39 is 240 Å². The number of carbonyl (C=O) groups excluding carboxylic acids is 16. The molecule has 0 bridgehead atoms. The van der Waals surface area contributed by atoms with Crippen LogP contribution in [-0.2, 0) is 94.3 Å². The number of benzene rings is 1. The van der Waals surface area contributed by atoms with E-state index in [9.17, 15) is 91.7 Å². The number of aliphatic hydroxyl groups is 1. The molecular formula is C68H111N21O19S. The number of hydrogen-bond acceptors (Lipinski definition) is 23. The highest BCUT2D eigenvalue weighted by Crippen LogP contribution is 2.14. The first-order valence-corrected chi connectivity index (χ1v) is 36.3. The highest BCUT2D eigenvalue weighted by molar-refractivity contribution is 7.80. The molecular weight excluding hydrogens is 1450 g/mol. The normalized spacial score (nSPS) is 15.3. The number of H-pyrrole nitrogens is 1. The third-order valence-corrected chi connectivity index (χ3v) is 17.3. The number of nitrogens with zero attached hydrogens (tertiary/aromatic N) is 1. The predicted molar refractivity (Wildman–Crippen MR) is 396 cm³/mol. The minimum Gasteiger partial charge on any atom is -0.480 e. The lowest BCUT2D eigenvalue weighted by Gasteiger charge is -2.30. The summed E-state index contributed by atoms with van der Waals surface area (Å²) in [6.07, 6.45) is -0.277. The van der Waals surface area contributed by atoms with Crippen LogP contribution in [0.15, 0.2) is 42.9 Å². The molecule has 28 N–H and O–H groups in total. The van der Waals surface area contributed by atoms with Gasteiger partial charge >= 0.3 is 5.97 Å². The van der Waals surface area contributed by atoms with Crippen molar-refractivity contribution in [3.05, 3.63) is 54.1 Å². The number of aliphatic hydroxyl groups excluding tert-OH is 1. The maximum atomic E-state index is 14.4. The van der Waals surface area contributed by atoms with E-state index in [4.69, 9.17) is 34.4 Å². The van der Waals surface area contributed by atoms with Gasteiger partial charge in [-0.2, -0.15) is 12.6 Å². The number of carbonyl (C=O) groups is 17. The fourth-order valence-corrected chi connectivity index (χ4v) is 10.8. The van der Waals surface area contributed by atoms with Crippen molar-refractivity contribution in [2.75, 3.05) is 18.8 Å². The van der Waals surface area contributed by atoms with Gasteiger partial charge in [-0.15, -0.1) is 0 Å². The summed E-state index contributed by atoms with van der Waals surface area (Å²) in [5, 5.41) is 51.7. The van der Waals surface area contributed by atoms with Gasteiger partial charge in [0.25, 0.3) is 0 Å². The van der Waals surface area contributed by atoms with Gasteiger partial charge in [0.1, 0.15) is 78.5 Å². The number of thiol groups is 1. The summed E-state index contributed by atoms with van der Waals surface area (Å²) in [4.78, 5) is 236. The van der Waals surface area contributed by atoms with Gasteiger partial charge in [-0.05, 0) is 95.7 Å². The Morgan fingerprint density at radius 1 is 0.422 bits per heavy atom. The molecule has 0 spiro atoms. The van der Waals surface area contributed by atoms with Crippen LogP contribution in [-0.4, -0.2) is 230 Å². The van der Waals surface area contributed by atoms with Gasteiger partial charge in [-0.1, -0.05) is 78.3 Å². The number of primary amides is 3. The van der Waals surface area contributed by atoms with Gasteiger partial charge in [0.05, 0.1) is 31.3 Å². The number of imidazole rings is 1. The fourth-order valence-electron chi connectivity index (χ4n) is 10.5. The molecule has 40 nitrogen and oxygen atoms in total. The first-order valence-electron chi connectivity index (χ1n) is 35.6. The smallest absolute Gasteiger partial charge is 0.325 e. The van der Waals surface area contributed by atoms with Crippen molar-refractivity contribution >= 4 is 113 Å². The molecule has 0 saturated heterocycles. The van der Waals surface area contributed by atoms with E-state index in [1.807, 2.05) is 0 Å². The molecule has 15 atom stereocenters. The second-order valence-electron chi connectivity index (χ2n) is 27.3. The summed E-state index contributed by atoms with van der Waals surface area (Å²) in [5.41, 5.74) is 34.9. The lowest BCUT2D eigenvalue weighted by Crippen LogP contribution is -2.63. The van der Waals surface area contributed by atoms with Crippen LogP contribution in [0.5, 0.6) is 0 Å². The van der Waals surface area contributed by atoms with Gasteiger partial charge in [0.15, 0.2) is 0 Å². The minimum absolute atomic E-state index is 0.0359. The summed E-state index contributed by atoms with van der Waals surface area (Å²) in [6.45, 7) is 13.1. The number of unbranched alkanes of at least 4 members (excludes halogenated alkanes) is 2. The summed E-state index contributed by atoms with van der Waals surface area (Å²) in [7, 11) is 0. The molecule has 0 aliphatic rings. The standard InChI is InChI=1S/C68H111N21O19S/c1-32(2)51(88-65(104)52(33(3)4)86-62(101)46(28-50(74)93)83-61(100)45(27-49(73)92)81-55(94)35(7)77-59(98)43(25-38-17-11-10-12-18-38)82-56(95)40(71)19-13-15-23-69)64(103)80-42(21-22-48(72)91)58(97)79-41(20-14-16-24-70)57(96)85-47(30-109)63(102)87-53(34(5)6)66(105)89-54(37(9)90)67(106)84-44(26-39-29-75-31-76-39)60(99)78-36(8)68(107)108/h10-12,17-18,29,31-37,40-47,51-54,90,109H,13-16,19-28,30,69-71H2,1-9H3,(H2,72,91)(H2,73,92)(H2,74,93)(H,75,76)(H,77,98)(H,78,99)(H,79,97)(H,80,103)(H,81,94)(H,82,95)(H,83,100)(H,84,106)(H,85,96)(H,86,101)(H,87,102)(H,88,104)(H,89,105)(H,107,108)/t35-,36-,37+,40-,41-,42-,43-,44-,45-,46-,47-,51-,52-,53-,54-/m0/s1. The quantitative estimate of drug-likeness (QED) is 0.0216. The van der Waals surface area contributed by atoms with Gasteiger partial charge in [0, 0.05) is 36.9 Å². The predicted octanol–water partition coefficient (Wildman–Crippen LogP) is -7.50. The minimum atomic E-state index is -1.91. The van der Waals surface area contributed by atoms with Crippen molar-refractivity contribution in [1.29, 1.82) is 0 Å². The summed E-state index contributed by atoms with van der Waals surface area (Å²) >= 11 is 4.26. The molecule has 0 saturated carbocycles. The number of rotatable bonds is 51. The largest absolute Gasteiger partial charge is 0.480 e. The van der Waals surface area contributed by atoms with E-state index >= 15 is 0 Å². The van der Waals surface area contributed by atoms with Crippen LogP contribution in [0.2, 0.25) is 0 Å². The number of carboxylic acid groups (broad SMARTS) is 1. The maximum absolute atomic E-state index is 14.4. The van der Waals surface area contributed by atoms with Gasteiger partial charge < -0.3 is 119 Å². The number of nitrogens with two attached hydrogens (primary N) is 6. The molecule has 608 valence electrons. The second-order valence-corrected chi connectivity index (χ2v) is 27.7. The van der Waals surface area contributed by atoms with E-state index in [0.717, 1.165) is 6.92 Å². The molecule has 0 aliphatic heterocycles. The molecule has 0 radical (unpaired) electrons. The lowest BCUT2D eigenvalue weighted by atomic mass is 9.98. The summed E-state index contributed by atoms with van der Waals surface area (Å²) in [6, 6.07) is -12.9. The fraction of sp³-hybridized carbons (Fsp3) is 0.618. The van der Waals surface area contributed by atoms with Gasteiger partial charge in [0.2, 0.25) is 94.5 Å². The van der Waals surface area contributed by atoms with Crippen molar-refractivity contribution in [3.8, 4) is 0 Å². The van der Waals surface area contributed by atoms with E-state index in [0.29, 0.717) is 37.1 Å². The Bertz CT molecular complexity index is 3420. The average molecular weight is 1560 g/mol. The topological polar surface area (TPSA) is 672 Å². The first-order chi connectivity index (χ1) is 51.2. The summed E-state index contributed by atoms with van der Waals surface area (Å²) in [5.74, 6) is -20.5. The zero-order valence-corrected chi connectivity index (χ0v) is 63.6. The molecule has 0 aliphatic carbocycles. The number of nitrogens with one attached hydrogen (secondary N) is 14. The summed E-state index contributed by atoms with van der Waals surface area (Å²) < 4.78 is 0. The molecule has 0 unspecified atom stereocenters. The molecule has 0 fully saturated rings. The second kappa shape index (κ2) is 48.1. The van der Waals surface area contributed by atoms with Crippen molar-refractivity contribution in [2.24, 2.45) is 52.2 Å². The van der Waals surface area contributed by atoms with Crippen LogP contribution in [0.4, 0.5) is 0 Å². The van der Waals surface area contributed by atoms with E-state index in [-0.39, 0.29) is 38.6 Å².